The lowest BCUT2D eigenvalue weighted by Gasteiger charge is -2.37. The first-order chi connectivity index (χ1) is 10.1. The molecule has 0 bridgehead atoms. The smallest absolute Gasteiger partial charge is 0.229 e. The van der Waals surface area contributed by atoms with Crippen molar-refractivity contribution in [2.75, 3.05) is 5.32 Å². The maximum absolute atomic E-state index is 12.5. The number of hydrogen-bond acceptors (Lipinski definition) is 3. The minimum atomic E-state index is -0.402. The molecule has 126 valence electrons. The topological polar surface area (TPSA) is 68.0 Å². The SMILES string of the molecule is CC1(N)CCCCC1C(=O)Nc1ccc2ncccc2c1.Cl.Cl. The average molecular weight is 356 g/mol. The lowest BCUT2D eigenvalue weighted by atomic mass is 9.74. The van der Waals surface area contributed by atoms with E-state index in [2.05, 4.69) is 10.3 Å². The summed E-state index contributed by atoms with van der Waals surface area (Å²) in [5.41, 5.74) is 7.63. The fourth-order valence-electron chi connectivity index (χ4n) is 3.17. The highest BCUT2D eigenvalue weighted by Crippen LogP contribution is 2.32. The van der Waals surface area contributed by atoms with E-state index in [9.17, 15) is 4.79 Å². The van der Waals surface area contributed by atoms with Crippen molar-refractivity contribution in [3.8, 4) is 0 Å². The van der Waals surface area contributed by atoms with Gasteiger partial charge in [-0.05, 0) is 44.0 Å². The molecule has 2 aromatic rings. The second-order valence-electron chi connectivity index (χ2n) is 6.20. The van der Waals surface area contributed by atoms with Crippen molar-refractivity contribution in [1.29, 1.82) is 0 Å². The predicted molar refractivity (Wildman–Crippen MR) is 99.4 cm³/mol. The van der Waals surface area contributed by atoms with E-state index in [1.54, 1.807) is 6.20 Å². The van der Waals surface area contributed by atoms with Crippen LogP contribution in [0.5, 0.6) is 0 Å². The summed E-state index contributed by atoms with van der Waals surface area (Å²) in [5, 5.41) is 4.04. The molecule has 1 amide bonds. The minimum absolute atomic E-state index is 0. The van der Waals surface area contributed by atoms with Crippen LogP contribution in [0.3, 0.4) is 0 Å². The summed E-state index contributed by atoms with van der Waals surface area (Å²) in [5.74, 6) is -0.0845. The number of hydrogen-bond donors (Lipinski definition) is 2. The van der Waals surface area contributed by atoms with Crippen molar-refractivity contribution in [2.45, 2.75) is 38.1 Å². The Morgan fingerprint density at radius 2 is 2.09 bits per heavy atom. The quantitative estimate of drug-likeness (QED) is 0.857. The van der Waals surface area contributed by atoms with Gasteiger partial charge >= 0.3 is 0 Å². The average Bonchev–Trinajstić information content (AvgIpc) is 2.46. The molecular weight excluding hydrogens is 333 g/mol. The Bertz CT molecular complexity index is 676. The van der Waals surface area contributed by atoms with E-state index in [1.165, 1.54) is 0 Å². The van der Waals surface area contributed by atoms with Gasteiger partial charge in [0.25, 0.3) is 0 Å². The molecule has 0 aliphatic heterocycles. The van der Waals surface area contributed by atoms with E-state index in [1.807, 2.05) is 37.3 Å². The van der Waals surface area contributed by atoms with E-state index < -0.39 is 5.54 Å². The fraction of sp³-hybridized carbons (Fsp3) is 0.412. The van der Waals surface area contributed by atoms with Gasteiger partial charge in [-0.2, -0.15) is 0 Å². The number of pyridine rings is 1. The van der Waals surface area contributed by atoms with Crippen LogP contribution in [0.4, 0.5) is 5.69 Å². The largest absolute Gasteiger partial charge is 0.326 e. The Morgan fingerprint density at radius 3 is 2.83 bits per heavy atom. The third-order valence-electron chi connectivity index (χ3n) is 4.44. The molecule has 0 saturated heterocycles. The fourth-order valence-corrected chi connectivity index (χ4v) is 3.17. The molecule has 23 heavy (non-hydrogen) atoms. The van der Waals surface area contributed by atoms with Crippen LogP contribution in [-0.4, -0.2) is 16.4 Å². The summed E-state index contributed by atoms with van der Waals surface area (Å²) < 4.78 is 0. The van der Waals surface area contributed by atoms with Gasteiger partial charge in [0.2, 0.25) is 5.91 Å². The van der Waals surface area contributed by atoms with Crippen molar-refractivity contribution in [1.82, 2.24) is 4.98 Å². The molecule has 0 radical (unpaired) electrons. The van der Waals surface area contributed by atoms with Crippen molar-refractivity contribution in [3.05, 3.63) is 36.5 Å². The number of aromatic nitrogens is 1. The lowest BCUT2D eigenvalue weighted by molar-refractivity contribution is -0.122. The van der Waals surface area contributed by atoms with Crippen LogP contribution >= 0.6 is 24.8 Å². The first kappa shape index (κ1) is 19.7. The van der Waals surface area contributed by atoms with Crippen molar-refractivity contribution in [3.63, 3.8) is 0 Å². The number of nitrogens with one attached hydrogen (secondary N) is 1. The molecule has 1 aliphatic rings. The second kappa shape index (κ2) is 7.95. The molecule has 4 nitrogen and oxygen atoms in total. The number of anilines is 1. The maximum Gasteiger partial charge on any atom is 0.229 e. The summed E-state index contributed by atoms with van der Waals surface area (Å²) in [4.78, 5) is 16.8. The number of nitrogens with zero attached hydrogens (tertiary/aromatic N) is 1. The molecule has 0 spiro atoms. The van der Waals surface area contributed by atoms with Crippen molar-refractivity contribution < 1.29 is 4.79 Å². The Morgan fingerprint density at radius 1 is 1.30 bits per heavy atom. The molecular formula is C17H23Cl2N3O. The van der Waals surface area contributed by atoms with Crippen LogP contribution in [0, 0.1) is 5.92 Å². The third-order valence-corrected chi connectivity index (χ3v) is 4.44. The maximum atomic E-state index is 12.5. The summed E-state index contributed by atoms with van der Waals surface area (Å²) in [6, 6.07) is 9.66. The molecule has 2 unspecified atom stereocenters. The van der Waals surface area contributed by atoms with Crippen LogP contribution in [0.15, 0.2) is 36.5 Å². The molecule has 1 aromatic heterocycles. The second-order valence-corrected chi connectivity index (χ2v) is 6.20. The molecule has 6 heteroatoms. The van der Waals surface area contributed by atoms with Gasteiger partial charge in [0.05, 0.1) is 11.4 Å². The molecule has 2 atom stereocenters. The molecule has 1 saturated carbocycles. The Hall–Kier alpha value is -1.36. The van der Waals surface area contributed by atoms with Gasteiger partial charge in [-0.1, -0.05) is 18.9 Å². The van der Waals surface area contributed by atoms with Gasteiger partial charge in [0.1, 0.15) is 0 Å². The molecule has 3 N–H and O–H groups in total. The first-order valence-corrected chi connectivity index (χ1v) is 7.51. The van der Waals surface area contributed by atoms with Gasteiger partial charge in [-0.15, -0.1) is 24.8 Å². The third kappa shape index (κ3) is 4.34. The standard InChI is InChI=1S/C17H21N3O.2ClH/c1-17(18)9-3-2-6-14(17)16(21)20-13-7-8-15-12(11-13)5-4-10-19-15;;/h4-5,7-8,10-11,14H,2-3,6,9,18H2,1H3,(H,20,21);2*1H. The monoisotopic (exact) mass is 355 g/mol. The number of nitrogens with two attached hydrogens (primary N) is 1. The van der Waals surface area contributed by atoms with Crippen LogP contribution in [0.25, 0.3) is 10.9 Å². The summed E-state index contributed by atoms with van der Waals surface area (Å²) in [7, 11) is 0. The number of halogens is 2. The molecule has 3 rings (SSSR count). The highest BCUT2D eigenvalue weighted by Gasteiger charge is 2.37. The van der Waals surface area contributed by atoms with Crippen molar-refractivity contribution in [2.24, 2.45) is 11.7 Å². The van der Waals surface area contributed by atoms with Gasteiger partial charge in [-0.25, -0.2) is 0 Å². The van der Waals surface area contributed by atoms with Crippen LogP contribution in [-0.2, 0) is 4.79 Å². The van der Waals surface area contributed by atoms with Gasteiger partial charge in [-0.3, -0.25) is 9.78 Å². The molecule has 1 heterocycles. The minimum Gasteiger partial charge on any atom is -0.326 e. The molecule has 1 aliphatic carbocycles. The van der Waals surface area contributed by atoms with E-state index in [0.717, 1.165) is 42.3 Å². The zero-order chi connectivity index (χ0) is 14.9. The van der Waals surface area contributed by atoms with E-state index in [-0.39, 0.29) is 36.6 Å². The lowest BCUT2D eigenvalue weighted by Crippen LogP contribution is -2.51. The summed E-state index contributed by atoms with van der Waals surface area (Å²) in [6.45, 7) is 1.99. The van der Waals surface area contributed by atoms with Gasteiger partial charge in [0.15, 0.2) is 0 Å². The predicted octanol–water partition coefficient (Wildman–Crippen LogP) is 3.92. The molecule has 1 aromatic carbocycles. The number of benzene rings is 1. The van der Waals surface area contributed by atoms with E-state index in [4.69, 9.17) is 5.73 Å². The number of rotatable bonds is 2. The van der Waals surface area contributed by atoms with E-state index >= 15 is 0 Å². The first-order valence-electron chi connectivity index (χ1n) is 7.51. The van der Waals surface area contributed by atoms with Crippen LogP contribution < -0.4 is 11.1 Å². The molecule has 1 fully saturated rings. The number of fused-ring (bicyclic) bond motifs is 1. The number of carbonyl (C=O) groups is 1. The summed E-state index contributed by atoms with van der Waals surface area (Å²) in [6.07, 6.45) is 5.73. The number of carbonyl (C=O) groups excluding carboxylic acids is 1. The van der Waals surface area contributed by atoms with Gasteiger partial charge in [0, 0.05) is 22.8 Å². The zero-order valence-electron chi connectivity index (χ0n) is 13.1. The Labute approximate surface area is 149 Å². The number of amides is 1. The van der Waals surface area contributed by atoms with Gasteiger partial charge < -0.3 is 11.1 Å². The zero-order valence-corrected chi connectivity index (χ0v) is 14.8. The Balaban J connectivity index is 0.00000132. The van der Waals surface area contributed by atoms with Crippen LogP contribution in [0.1, 0.15) is 32.6 Å². The Kier molecular flexibility index (Phi) is 6.81. The summed E-state index contributed by atoms with van der Waals surface area (Å²) >= 11 is 0. The van der Waals surface area contributed by atoms with E-state index in [0.29, 0.717) is 0 Å². The highest BCUT2D eigenvalue weighted by atomic mass is 35.5. The van der Waals surface area contributed by atoms with Crippen LogP contribution in [0.2, 0.25) is 0 Å². The normalized spacial score (nSPS) is 23.5. The van der Waals surface area contributed by atoms with Crippen molar-refractivity contribution >= 4 is 47.3 Å². The highest BCUT2D eigenvalue weighted by molar-refractivity contribution is 5.95.